The number of nitrogens with one attached hydrogen (secondary N) is 1. The van der Waals surface area contributed by atoms with Crippen molar-refractivity contribution in [3.63, 3.8) is 0 Å². The predicted octanol–water partition coefficient (Wildman–Crippen LogP) is 0.612. The second-order valence-electron chi connectivity index (χ2n) is 1.76. The monoisotopic (exact) mass is 161 g/mol. The summed E-state index contributed by atoms with van der Waals surface area (Å²) in [5, 5.41) is 2.50. The fourth-order valence-corrected chi connectivity index (χ4v) is 1.11. The molecule has 0 spiro atoms. The highest BCUT2D eigenvalue weighted by atomic mass is 32.2. The molecule has 0 heterocycles. The van der Waals surface area contributed by atoms with Crippen molar-refractivity contribution in [2.24, 2.45) is 5.73 Å². The van der Waals surface area contributed by atoms with E-state index in [0.29, 0.717) is 6.54 Å². The number of primary amides is 1. The van der Waals surface area contributed by atoms with Gasteiger partial charge in [-0.15, -0.1) is 0 Å². The van der Waals surface area contributed by atoms with Crippen LogP contribution in [-0.2, 0) is 0 Å². The lowest BCUT2D eigenvalue weighted by molar-refractivity contribution is 0.249. The van der Waals surface area contributed by atoms with Gasteiger partial charge in [0.25, 0.3) is 0 Å². The van der Waals surface area contributed by atoms with Crippen molar-refractivity contribution in [3.05, 3.63) is 6.92 Å². The van der Waals surface area contributed by atoms with E-state index in [0.717, 1.165) is 17.9 Å². The van der Waals surface area contributed by atoms with Gasteiger partial charge in [-0.3, -0.25) is 0 Å². The molecule has 0 aliphatic carbocycles. The Labute approximate surface area is 65.7 Å². The lowest BCUT2D eigenvalue weighted by Crippen LogP contribution is -2.31. The minimum absolute atomic E-state index is 0.449. The summed E-state index contributed by atoms with van der Waals surface area (Å²) in [6, 6.07) is -0.449. The van der Waals surface area contributed by atoms with Crippen molar-refractivity contribution in [3.8, 4) is 0 Å². The van der Waals surface area contributed by atoms with Crippen molar-refractivity contribution in [2.45, 2.75) is 6.42 Å². The van der Waals surface area contributed by atoms with E-state index in [2.05, 4.69) is 12.2 Å². The van der Waals surface area contributed by atoms with Gasteiger partial charge in [0.05, 0.1) is 0 Å². The van der Waals surface area contributed by atoms with E-state index >= 15 is 0 Å². The maximum Gasteiger partial charge on any atom is 0.312 e. The Hall–Kier alpha value is -0.380. The average molecular weight is 161 g/mol. The van der Waals surface area contributed by atoms with E-state index in [4.69, 9.17) is 5.73 Å². The van der Waals surface area contributed by atoms with E-state index in [1.165, 1.54) is 0 Å². The molecule has 10 heavy (non-hydrogen) atoms. The molecular weight excluding hydrogens is 148 g/mol. The number of urea groups is 1. The Kier molecular flexibility index (Phi) is 6.48. The highest BCUT2D eigenvalue weighted by Gasteiger charge is 1.89. The van der Waals surface area contributed by atoms with E-state index in [1.807, 2.05) is 0 Å². The lowest BCUT2D eigenvalue weighted by atomic mass is 10.6. The highest BCUT2D eigenvalue weighted by Crippen LogP contribution is 1.98. The molecule has 0 atom stereocenters. The summed E-state index contributed by atoms with van der Waals surface area (Å²) >= 11 is 1.76. The minimum Gasteiger partial charge on any atom is -0.352 e. The quantitative estimate of drug-likeness (QED) is 0.580. The number of carbonyl (C=O) groups excluding carboxylic acids is 1. The van der Waals surface area contributed by atoms with Gasteiger partial charge in [0.2, 0.25) is 0 Å². The van der Waals surface area contributed by atoms with Crippen LogP contribution >= 0.6 is 11.8 Å². The first kappa shape index (κ1) is 9.62. The standard InChI is InChI=1S/C6H13N2OS/c1-2-4-10-5-3-8-6(7)9/h1-5H2,(H3,7,8,9). The molecule has 0 saturated heterocycles. The van der Waals surface area contributed by atoms with Crippen LogP contribution in [0.15, 0.2) is 0 Å². The maximum absolute atomic E-state index is 10.1. The number of hydrogen-bond donors (Lipinski definition) is 2. The molecule has 3 nitrogen and oxygen atoms in total. The van der Waals surface area contributed by atoms with Gasteiger partial charge in [0.1, 0.15) is 0 Å². The fourth-order valence-electron chi connectivity index (χ4n) is 0.451. The van der Waals surface area contributed by atoms with Crippen LogP contribution in [0.2, 0.25) is 0 Å². The second kappa shape index (κ2) is 6.74. The van der Waals surface area contributed by atoms with Gasteiger partial charge in [-0.05, 0) is 12.2 Å². The fraction of sp³-hybridized carbons (Fsp3) is 0.667. The van der Waals surface area contributed by atoms with Crippen LogP contribution in [0.25, 0.3) is 0 Å². The van der Waals surface area contributed by atoms with Crippen molar-refractivity contribution < 1.29 is 4.79 Å². The van der Waals surface area contributed by atoms with E-state index in [1.54, 1.807) is 11.8 Å². The van der Waals surface area contributed by atoms with E-state index in [-0.39, 0.29) is 0 Å². The van der Waals surface area contributed by atoms with Crippen molar-refractivity contribution >= 4 is 17.8 Å². The molecule has 0 saturated carbocycles. The molecular formula is C6H13N2OS. The maximum atomic E-state index is 10.1. The molecule has 0 aliphatic heterocycles. The van der Waals surface area contributed by atoms with Gasteiger partial charge in [0, 0.05) is 12.3 Å². The third-order valence-electron chi connectivity index (χ3n) is 0.834. The third-order valence-corrected chi connectivity index (χ3v) is 1.90. The molecule has 0 rings (SSSR count). The van der Waals surface area contributed by atoms with Gasteiger partial charge < -0.3 is 11.1 Å². The molecule has 0 fully saturated rings. The Morgan fingerprint density at radius 1 is 1.60 bits per heavy atom. The van der Waals surface area contributed by atoms with Gasteiger partial charge in [-0.2, -0.15) is 11.8 Å². The summed E-state index contributed by atoms with van der Waals surface area (Å²) in [7, 11) is 0. The zero-order valence-electron chi connectivity index (χ0n) is 5.93. The Bertz CT molecular complexity index is 97.7. The Balaban J connectivity index is 2.84. The van der Waals surface area contributed by atoms with Crippen molar-refractivity contribution in [1.29, 1.82) is 0 Å². The zero-order chi connectivity index (χ0) is 7.82. The summed E-state index contributed by atoms with van der Waals surface area (Å²) in [5.41, 5.74) is 4.84. The first-order valence-corrected chi connectivity index (χ1v) is 4.33. The predicted molar refractivity (Wildman–Crippen MR) is 44.9 cm³/mol. The first-order chi connectivity index (χ1) is 4.77. The molecule has 0 aromatic heterocycles. The molecule has 3 N–H and O–H groups in total. The number of amides is 2. The van der Waals surface area contributed by atoms with Crippen molar-refractivity contribution in [1.82, 2.24) is 5.32 Å². The van der Waals surface area contributed by atoms with Crippen LogP contribution in [-0.4, -0.2) is 24.1 Å². The van der Waals surface area contributed by atoms with Gasteiger partial charge in [0.15, 0.2) is 0 Å². The zero-order valence-corrected chi connectivity index (χ0v) is 6.75. The molecule has 0 unspecified atom stereocenters. The molecule has 2 amide bonds. The average Bonchev–Trinajstić information content (AvgIpc) is 1.87. The summed E-state index contributed by atoms with van der Waals surface area (Å²) < 4.78 is 0. The number of hydrogen-bond acceptors (Lipinski definition) is 2. The SMILES string of the molecule is [CH2]CCSCCNC(N)=O. The molecule has 4 heteroatoms. The number of rotatable bonds is 5. The lowest BCUT2D eigenvalue weighted by Gasteiger charge is -1.99. The number of nitrogens with two attached hydrogens (primary N) is 1. The molecule has 0 aromatic rings. The summed E-state index contributed by atoms with van der Waals surface area (Å²) in [4.78, 5) is 10.1. The van der Waals surface area contributed by atoms with E-state index < -0.39 is 6.03 Å². The molecule has 59 valence electrons. The van der Waals surface area contributed by atoms with Gasteiger partial charge in [-0.25, -0.2) is 4.79 Å². The molecule has 1 radical (unpaired) electrons. The smallest absolute Gasteiger partial charge is 0.312 e. The molecule has 0 aliphatic rings. The van der Waals surface area contributed by atoms with Crippen LogP contribution in [0.5, 0.6) is 0 Å². The van der Waals surface area contributed by atoms with Gasteiger partial charge >= 0.3 is 6.03 Å². The second-order valence-corrected chi connectivity index (χ2v) is 2.98. The molecule has 0 aromatic carbocycles. The largest absolute Gasteiger partial charge is 0.352 e. The van der Waals surface area contributed by atoms with Crippen LogP contribution in [0.3, 0.4) is 0 Å². The third kappa shape index (κ3) is 7.62. The minimum atomic E-state index is -0.449. The van der Waals surface area contributed by atoms with Crippen LogP contribution < -0.4 is 11.1 Å². The number of carbonyl (C=O) groups is 1. The van der Waals surface area contributed by atoms with Crippen LogP contribution in [0.1, 0.15) is 6.42 Å². The van der Waals surface area contributed by atoms with Crippen LogP contribution in [0, 0.1) is 6.92 Å². The topological polar surface area (TPSA) is 55.1 Å². The Morgan fingerprint density at radius 3 is 2.80 bits per heavy atom. The first-order valence-electron chi connectivity index (χ1n) is 3.17. The number of thioether (sulfide) groups is 1. The van der Waals surface area contributed by atoms with E-state index in [9.17, 15) is 4.79 Å². The van der Waals surface area contributed by atoms with Gasteiger partial charge in [-0.1, -0.05) is 6.92 Å². The Morgan fingerprint density at radius 2 is 2.30 bits per heavy atom. The van der Waals surface area contributed by atoms with Crippen molar-refractivity contribution in [2.75, 3.05) is 18.1 Å². The van der Waals surface area contributed by atoms with Crippen LogP contribution in [0.4, 0.5) is 4.79 Å². The normalized spacial score (nSPS) is 9.30. The molecule has 0 bridgehead atoms. The summed E-state index contributed by atoms with van der Waals surface area (Å²) in [5.74, 6) is 1.96. The summed E-state index contributed by atoms with van der Waals surface area (Å²) in [6.45, 7) is 4.34. The highest BCUT2D eigenvalue weighted by molar-refractivity contribution is 7.99. The summed E-state index contributed by atoms with van der Waals surface area (Å²) in [6.07, 6.45) is 0.932.